The SMILES string of the molecule is COC(=O)CC(C)SCc1coc(-c2cccs2)n1. The largest absolute Gasteiger partial charge is 0.469 e. The zero-order valence-electron chi connectivity index (χ0n) is 10.8. The molecule has 2 aromatic rings. The Kier molecular flexibility index (Phi) is 5.04. The molecule has 102 valence electrons. The molecular weight excluding hydrogens is 282 g/mol. The number of oxazole rings is 1. The van der Waals surface area contributed by atoms with Crippen molar-refractivity contribution in [1.29, 1.82) is 0 Å². The number of rotatable bonds is 6. The summed E-state index contributed by atoms with van der Waals surface area (Å²) in [6.07, 6.45) is 2.09. The van der Waals surface area contributed by atoms with Gasteiger partial charge in [0.15, 0.2) is 0 Å². The maximum Gasteiger partial charge on any atom is 0.306 e. The first kappa shape index (κ1) is 14.1. The van der Waals surface area contributed by atoms with E-state index in [1.807, 2.05) is 24.4 Å². The van der Waals surface area contributed by atoms with Crippen LogP contribution in [0.5, 0.6) is 0 Å². The van der Waals surface area contributed by atoms with Crippen LogP contribution in [-0.2, 0) is 15.3 Å². The molecule has 6 heteroatoms. The number of hydrogen-bond acceptors (Lipinski definition) is 6. The van der Waals surface area contributed by atoms with Crippen molar-refractivity contribution < 1.29 is 13.9 Å². The lowest BCUT2D eigenvalue weighted by Crippen LogP contribution is -2.08. The number of thioether (sulfide) groups is 1. The van der Waals surface area contributed by atoms with Gasteiger partial charge in [-0.15, -0.1) is 11.3 Å². The lowest BCUT2D eigenvalue weighted by Gasteiger charge is -2.07. The number of nitrogens with zero attached hydrogens (tertiary/aromatic N) is 1. The second kappa shape index (κ2) is 6.77. The topological polar surface area (TPSA) is 52.3 Å². The van der Waals surface area contributed by atoms with Gasteiger partial charge < -0.3 is 9.15 Å². The summed E-state index contributed by atoms with van der Waals surface area (Å²) in [6.45, 7) is 2.00. The van der Waals surface area contributed by atoms with Gasteiger partial charge in [-0.2, -0.15) is 11.8 Å². The van der Waals surface area contributed by atoms with Crippen LogP contribution in [0.2, 0.25) is 0 Å². The van der Waals surface area contributed by atoms with Gasteiger partial charge in [-0.05, 0) is 11.4 Å². The average Bonchev–Trinajstić information content (AvgIpc) is 3.06. The van der Waals surface area contributed by atoms with Crippen molar-refractivity contribution >= 4 is 29.1 Å². The molecule has 0 fully saturated rings. The van der Waals surface area contributed by atoms with Crippen LogP contribution in [0.15, 0.2) is 28.2 Å². The Balaban J connectivity index is 1.85. The number of carbonyl (C=O) groups excluding carboxylic acids is 1. The van der Waals surface area contributed by atoms with Crippen molar-refractivity contribution in [2.45, 2.75) is 24.3 Å². The van der Waals surface area contributed by atoms with Crippen LogP contribution in [0.3, 0.4) is 0 Å². The maximum atomic E-state index is 11.1. The molecule has 2 aromatic heterocycles. The Bertz CT molecular complexity index is 522. The summed E-state index contributed by atoms with van der Waals surface area (Å²) in [7, 11) is 1.41. The smallest absolute Gasteiger partial charge is 0.306 e. The average molecular weight is 297 g/mol. The van der Waals surface area contributed by atoms with Crippen LogP contribution in [0.1, 0.15) is 19.0 Å². The first-order chi connectivity index (χ1) is 9.19. The molecule has 0 aromatic carbocycles. The number of thiophene rings is 1. The second-order valence-electron chi connectivity index (χ2n) is 4.02. The van der Waals surface area contributed by atoms with Crippen molar-refractivity contribution in [3.8, 4) is 10.8 Å². The van der Waals surface area contributed by atoms with E-state index in [1.165, 1.54) is 7.11 Å². The zero-order valence-corrected chi connectivity index (χ0v) is 12.4. The van der Waals surface area contributed by atoms with Gasteiger partial charge in [0, 0.05) is 11.0 Å². The van der Waals surface area contributed by atoms with E-state index in [9.17, 15) is 4.79 Å². The predicted octanol–water partition coefficient (Wildman–Crippen LogP) is 3.59. The molecule has 19 heavy (non-hydrogen) atoms. The quantitative estimate of drug-likeness (QED) is 0.763. The zero-order chi connectivity index (χ0) is 13.7. The Morgan fingerprint density at radius 3 is 3.16 bits per heavy atom. The Morgan fingerprint density at radius 2 is 2.47 bits per heavy atom. The van der Waals surface area contributed by atoms with E-state index < -0.39 is 0 Å². The van der Waals surface area contributed by atoms with Gasteiger partial charge >= 0.3 is 5.97 Å². The fourth-order valence-corrected chi connectivity index (χ4v) is 2.99. The third kappa shape index (κ3) is 4.11. The van der Waals surface area contributed by atoms with E-state index in [0.717, 1.165) is 16.3 Å². The van der Waals surface area contributed by atoms with Gasteiger partial charge in [-0.3, -0.25) is 4.79 Å². The molecule has 0 bridgehead atoms. The van der Waals surface area contributed by atoms with Gasteiger partial charge in [0.1, 0.15) is 6.26 Å². The van der Waals surface area contributed by atoms with Crippen LogP contribution in [0.25, 0.3) is 10.8 Å². The maximum absolute atomic E-state index is 11.1. The highest BCUT2D eigenvalue weighted by Crippen LogP contribution is 2.26. The van der Waals surface area contributed by atoms with Crippen LogP contribution in [0.4, 0.5) is 0 Å². The van der Waals surface area contributed by atoms with Crippen molar-refractivity contribution in [3.05, 3.63) is 29.5 Å². The normalized spacial score (nSPS) is 12.3. The number of esters is 1. The molecule has 2 heterocycles. The van der Waals surface area contributed by atoms with Crippen molar-refractivity contribution in [1.82, 2.24) is 4.98 Å². The van der Waals surface area contributed by atoms with Crippen LogP contribution < -0.4 is 0 Å². The molecule has 0 aliphatic heterocycles. The third-order valence-corrected chi connectivity index (χ3v) is 4.54. The van der Waals surface area contributed by atoms with Gasteiger partial charge in [-0.25, -0.2) is 4.98 Å². The molecule has 4 nitrogen and oxygen atoms in total. The van der Waals surface area contributed by atoms with E-state index >= 15 is 0 Å². The van der Waals surface area contributed by atoms with Crippen molar-refractivity contribution in [3.63, 3.8) is 0 Å². The molecule has 0 spiro atoms. The number of carbonyl (C=O) groups is 1. The summed E-state index contributed by atoms with van der Waals surface area (Å²) >= 11 is 3.26. The van der Waals surface area contributed by atoms with E-state index in [4.69, 9.17) is 4.42 Å². The minimum Gasteiger partial charge on any atom is -0.469 e. The van der Waals surface area contributed by atoms with E-state index in [-0.39, 0.29) is 11.2 Å². The minimum atomic E-state index is -0.181. The number of ether oxygens (including phenoxy) is 1. The lowest BCUT2D eigenvalue weighted by atomic mass is 10.3. The monoisotopic (exact) mass is 297 g/mol. The Labute approximate surface area is 120 Å². The molecule has 0 aliphatic carbocycles. The fourth-order valence-electron chi connectivity index (χ4n) is 1.49. The number of methoxy groups -OCH3 is 1. The summed E-state index contributed by atoms with van der Waals surface area (Å²) in [4.78, 5) is 16.6. The first-order valence-corrected chi connectivity index (χ1v) is 7.78. The van der Waals surface area contributed by atoms with Gasteiger partial charge in [0.05, 0.1) is 24.1 Å². The molecule has 0 amide bonds. The molecule has 2 rings (SSSR count). The number of aromatic nitrogens is 1. The van der Waals surface area contributed by atoms with Crippen LogP contribution in [-0.4, -0.2) is 23.3 Å². The predicted molar refractivity (Wildman–Crippen MR) is 77.2 cm³/mol. The van der Waals surface area contributed by atoms with Crippen LogP contribution in [0, 0.1) is 0 Å². The first-order valence-electron chi connectivity index (χ1n) is 5.85. The summed E-state index contributed by atoms with van der Waals surface area (Å²) in [5.74, 6) is 1.21. The summed E-state index contributed by atoms with van der Waals surface area (Å²) < 4.78 is 10.1. The van der Waals surface area contributed by atoms with E-state index in [0.29, 0.717) is 12.3 Å². The molecule has 1 unspecified atom stereocenters. The molecule has 0 N–H and O–H groups in total. The molecule has 0 saturated carbocycles. The number of hydrogen-bond donors (Lipinski definition) is 0. The van der Waals surface area contributed by atoms with Gasteiger partial charge in [-0.1, -0.05) is 13.0 Å². The summed E-state index contributed by atoms with van der Waals surface area (Å²) in [6, 6.07) is 3.95. The Hall–Kier alpha value is -1.27. The molecule has 1 atom stereocenters. The highest BCUT2D eigenvalue weighted by molar-refractivity contribution is 7.99. The van der Waals surface area contributed by atoms with E-state index in [1.54, 1.807) is 29.4 Å². The van der Waals surface area contributed by atoms with Crippen LogP contribution >= 0.6 is 23.1 Å². The van der Waals surface area contributed by atoms with Crippen molar-refractivity contribution in [2.24, 2.45) is 0 Å². The van der Waals surface area contributed by atoms with Crippen molar-refractivity contribution in [2.75, 3.05) is 7.11 Å². The third-order valence-electron chi connectivity index (χ3n) is 2.48. The molecular formula is C13H15NO3S2. The second-order valence-corrected chi connectivity index (χ2v) is 6.40. The van der Waals surface area contributed by atoms with Gasteiger partial charge in [0.2, 0.25) is 5.89 Å². The standard InChI is InChI=1S/C13H15NO3S2/c1-9(6-12(15)16-2)19-8-10-7-17-13(14-10)11-4-3-5-18-11/h3-5,7,9H,6,8H2,1-2H3. The molecule has 0 saturated heterocycles. The highest BCUT2D eigenvalue weighted by atomic mass is 32.2. The van der Waals surface area contributed by atoms with E-state index in [2.05, 4.69) is 9.72 Å². The minimum absolute atomic E-state index is 0.181. The molecule has 0 aliphatic rings. The summed E-state index contributed by atoms with van der Waals surface area (Å²) in [5.41, 5.74) is 0.894. The highest BCUT2D eigenvalue weighted by Gasteiger charge is 2.12. The lowest BCUT2D eigenvalue weighted by molar-refractivity contribution is -0.140. The fraction of sp³-hybridized carbons (Fsp3) is 0.385. The van der Waals surface area contributed by atoms with Gasteiger partial charge in [0.25, 0.3) is 0 Å². The summed E-state index contributed by atoms with van der Waals surface area (Å²) in [5, 5.41) is 2.20. The Morgan fingerprint density at radius 1 is 1.63 bits per heavy atom. The molecule has 0 radical (unpaired) electrons.